The first-order valence-electron chi connectivity index (χ1n) is 15.3. The lowest BCUT2D eigenvalue weighted by Gasteiger charge is -2.10. The molecule has 14 heteroatoms. The fraction of sp³-hybridized carbons (Fsp3) is 0.364. The number of hydrogen-bond donors (Lipinski definition) is 4. The van der Waals surface area contributed by atoms with Crippen LogP contribution in [0.4, 0.5) is 20.9 Å². The van der Waals surface area contributed by atoms with Gasteiger partial charge in [0.25, 0.3) is 23.6 Å². The number of hydrogen-bond acceptors (Lipinski definition) is 7. The Morgan fingerprint density at radius 1 is 0.894 bits per heavy atom. The van der Waals surface area contributed by atoms with Crippen LogP contribution in [0.15, 0.2) is 48.8 Å². The molecule has 4 rings (SSSR count). The molecule has 4 aromatic rings. The minimum Gasteiger partial charge on any atom is -0.351 e. The first-order valence-corrected chi connectivity index (χ1v) is 16.1. The van der Waals surface area contributed by atoms with Crippen LogP contribution in [0.2, 0.25) is 0 Å². The van der Waals surface area contributed by atoms with E-state index in [1.807, 2.05) is 14.1 Å². The first kappa shape index (κ1) is 35.0. The predicted octanol–water partition coefficient (Wildman–Crippen LogP) is 4.99. The molecule has 0 unspecified atom stereocenters. The fourth-order valence-electron chi connectivity index (χ4n) is 4.76. The SMILES string of the molecule is CC(C)CCc1sc(NC(=O)c2cc(NC(=O)c3cc(NC(=O)c4cccc(F)c4)cn3C)cn2C)nc1C(=O)NCCCN(C)C. The van der Waals surface area contributed by atoms with Gasteiger partial charge < -0.3 is 30.0 Å². The van der Waals surface area contributed by atoms with E-state index >= 15 is 0 Å². The number of halogens is 1. The van der Waals surface area contributed by atoms with Crippen molar-refractivity contribution in [3.8, 4) is 0 Å². The number of aryl methyl sites for hydroxylation is 3. The van der Waals surface area contributed by atoms with Gasteiger partial charge in [0.15, 0.2) is 5.13 Å². The second kappa shape index (κ2) is 15.6. The number of carbonyl (C=O) groups excluding carboxylic acids is 4. The van der Waals surface area contributed by atoms with Crippen LogP contribution in [0.3, 0.4) is 0 Å². The van der Waals surface area contributed by atoms with E-state index < -0.39 is 23.5 Å². The monoisotopic (exact) mass is 664 g/mol. The predicted molar refractivity (Wildman–Crippen MR) is 182 cm³/mol. The Balaban J connectivity index is 1.42. The number of carbonyl (C=O) groups is 4. The molecule has 0 saturated carbocycles. The molecule has 0 saturated heterocycles. The second-order valence-corrected chi connectivity index (χ2v) is 13.0. The number of anilines is 3. The molecule has 1 aromatic carbocycles. The molecule has 4 N–H and O–H groups in total. The van der Waals surface area contributed by atoms with Crippen molar-refractivity contribution in [2.45, 2.75) is 33.1 Å². The maximum atomic E-state index is 13.5. The van der Waals surface area contributed by atoms with Gasteiger partial charge in [0, 0.05) is 43.5 Å². The Labute approximate surface area is 277 Å². The summed E-state index contributed by atoms with van der Waals surface area (Å²) in [6.07, 6.45) is 5.52. The van der Waals surface area contributed by atoms with Crippen molar-refractivity contribution in [1.82, 2.24) is 24.3 Å². The zero-order valence-electron chi connectivity index (χ0n) is 27.4. The molecule has 12 nitrogen and oxygen atoms in total. The summed E-state index contributed by atoms with van der Waals surface area (Å²) in [5, 5.41) is 11.5. The average molecular weight is 665 g/mol. The molecule has 0 aliphatic carbocycles. The van der Waals surface area contributed by atoms with Gasteiger partial charge in [-0.1, -0.05) is 19.9 Å². The first-order chi connectivity index (χ1) is 22.3. The van der Waals surface area contributed by atoms with Gasteiger partial charge in [0.2, 0.25) is 0 Å². The standard InChI is InChI=1S/C33H41FN8O4S/c1-20(2)11-12-27-28(32(46)35-13-8-14-40(3)4)38-33(47-27)39-31(45)26-17-24(19-42(26)6)37-30(44)25-16-23(18-41(25)5)36-29(43)21-9-7-10-22(34)15-21/h7,9-10,15-20H,8,11-14H2,1-6H3,(H,35,46)(H,36,43)(H,37,44)(H,38,39,45). The molecule has 0 aliphatic rings. The molecule has 0 aliphatic heterocycles. The van der Waals surface area contributed by atoms with Crippen LogP contribution in [0.5, 0.6) is 0 Å². The molecule has 0 atom stereocenters. The minimum atomic E-state index is -0.529. The molecular weight excluding hydrogens is 623 g/mol. The van der Waals surface area contributed by atoms with Crippen LogP contribution in [0, 0.1) is 11.7 Å². The van der Waals surface area contributed by atoms with Gasteiger partial charge in [-0.2, -0.15) is 0 Å². The van der Waals surface area contributed by atoms with E-state index in [4.69, 9.17) is 0 Å². The molecule has 0 bridgehead atoms. The van der Waals surface area contributed by atoms with E-state index in [0.717, 1.165) is 30.3 Å². The minimum absolute atomic E-state index is 0.148. The summed E-state index contributed by atoms with van der Waals surface area (Å²) in [6.45, 7) is 5.59. The summed E-state index contributed by atoms with van der Waals surface area (Å²) in [4.78, 5) is 59.2. The Bertz CT molecular complexity index is 1760. The van der Waals surface area contributed by atoms with Gasteiger partial charge in [0.05, 0.1) is 11.4 Å². The van der Waals surface area contributed by atoms with Crippen molar-refractivity contribution in [2.75, 3.05) is 43.1 Å². The van der Waals surface area contributed by atoms with Crippen LogP contribution in [0.1, 0.15) is 73.4 Å². The summed E-state index contributed by atoms with van der Waals surface area (Å²) in [5.74, 6) is -1.78. The van der Waals surface area contributed by atoms with Gasteiger partial charge in [-0.3, -0.25) is 24.5 Å². The topological polar surface area (TPSA) is 142 Å². The highest BCUT2D eigenvalue weighted by Crippen LogP contribution is 2.27. The lowest BCUT2D eigenvalue weighted by molar-refractivity contribution is 0.0944. The zero-order valence-corrected chi connectivity index (χ0v) is 28.3. The van der Waals surface area contributed by atoms with Crippen molar-refractivity contribution < 1.29 is 23.6 Å². The number of thiazole rings is 1. The third-order valence-electron chi connectivity index (χ3n) is 7.23. The number of amides is 4. The Morgan fingerprint density at radius 3 is 2.11 bits per heavy atom. The Morgan fingerprint density at radius 2 is 1.51 bits per heavy atom. The van der Waals surface area contributed by atoms with E-state index in [-0.39, 0.29) is 22.9 Å². The molecule has 0 radical (unpaired) electrons. The number of nitrogens with zero attached hydrogens (tertiary/aromatic N) is 4. The molecule has 0 fully saturated rings. The molecular formula is C33H41FN8O4S. The van der Waals surface area contributed by atoms with Crippen molar-refractivity contribution in [2.24, 2.45) is 20.0 Å². The summed E-state index contributed by atoms with van der Waals surface area (Å²) in [7, 11) is 7.28. The Hall–Kier alpha value is -4.82. The number of aromatic nitrogens is 3. The third-order valence-corrected chi connectivity index (χ3v) is 8.26. The maximum absolute atomic E-state index is 13.5. The lowest BCUT2D eigenvalue weighted by atomic mass is 10.1. The van der Waals surface area contributed by atoms with Crippen molar-refractivity contribution in [1.29, 1.82) is 0 Å². The van der Waals surface area contributed by atoms with Gasteiger partial charge in [-0.25, -0.2) is 9.37 Å². The molecule has 3 aromatic heterocycles. The van der Waals surface area contributed by atoms with Gasteiger partial charge in [-0.05, 0) is 76.2 Å². The van der Waals surface area contributed by atoms with Crippen LogP contribution < -0.4 is 21.3 Å². The van der Waals surface area contributed by atoms with Crippen molar-refractivity contribution >= 4 is 51.5 Å². The smallest absolute Gasteiger partial charge is 0.274 e. The summed E-state index contributed by atoms with van der Waals surface area (Å²) in [6, 6.07) is 8.33. The maximum Gasteiger partial charge on any atom is 0.274 e. The highest BCUT2D eigenvalue weighted by atomic mass is 32.1. The van der Waals surface area contributed by atoms with Crippen LogP contribution >= 0.6 is 11.3 Å². The van der Waals surface area contributed by atoms with E-state index in [0.29, 0.717) is 41.1 Å². The lowest BCUT2D eigenvalue weighted by Crippen LogP contribution is -2.28. The van der Waals surface area contributed by atoms with E-state index in [9.17, 15) is 23.6 Å². The highest BCUT2D eigenvalue weighted by Gasteiger charge is 2.22. The Kier molecular flexibility index (Phi) is 11.7. The van der Waals surface area contributed by atoms with Crippen LogP contribution in [-0.4, -0.2) is 69.8 Å². The number of nitrogens with one attached hydrogen (secondary N) is 4. The molecule has 47 heavy (non-hydrogen) atoms. The normalized spacial score (nSPS) is 11.2. The molecule has 3 heterocycles. The summed E-state index contributed by atoms with van der Waals surface area (Å²) < 4.78 is 16.6. The van der Waals surface area contributed by atoms with Crippen molar-refractivity contribution in [3.05, 3.63) is 82.1 Å². The van der Waals surface area contributed by atoms with Gasteiger partial charge >= 0.3 is 0 Å². The highest BCUT2D eigenvalue weighted by molar-refractivity contribution is 7.16. The summed E-state index contributed by atoms with van der Waals surface area (Å²) >= 11 is 1.28. The van der Waals surface area contributed by atoms with E-state index in [2.05, 4.69) is 45.0 Å². The van der Waals surface area contributed by atoms with Crippen molar-refractivity contribution in [3.63, 3.8) is 0 Å². The fourth-order valence-corrected chi connectivity index (χ4v) is 5.73. The molecule has 4 amide bonds. The number of rotatable bonds is 14. The average Bonchev–Trinajstić information content (AvgIpc) is 3.69. The van der Waals surface area contributed by atoms with E-state index in [1.54, 1.807) is 35.6 Å². The van der Waals surface area contributed by atoms with Crippen LogP contribution in [0.25, 0.3) is 0 Å². The molecule has 250 valence electrons. The quantitative estimate of drug-likeness (QED) is 0.140. The zero-order chi connectivity index (χ0) is 34.2. The third kappa shape index (κ3) is 9.59. The molecule has 0 spiro atoms. The van der Waals surface area contributed by atoms with E-state index in [1.165, 1.54) is 41.7 Å². The van der Waals surface area contributed by atoms with Gasteiger partial charge in [0.1, 0.15) is 22.9 Å². The van der Waals surface area contributed by atoms with Crippen LogP contribution in [-0.2, 0) is 20.5 Å². The number of benzene rings is 1. The largest absolute Gasteiger partial charge is 0.351 e. The van der Waals surface area contributed by atoms with Gasteiger partial charge in [-0.15, -0.1) is 11.3 Å². The second-order valence-electron chi connectivity index (χ2n) is 12.0. The summed E-state index contributed by atoms with van der Waals surface area (Å²) in [5.41, 5.74) is 1.73.